The van der Waals surface area contributed by atoms with Gasteiger partial charge in [-0.1, -0.05) is 18.2 Å². The van der Waals surface area contributed by atoms with Crippen LogP contribution in [-0.4, -0.2) is 10.7 Å². The maximum Gasteiger partial charge on any atom is 0.270 e. The molecule has 0 unspecified atom stereocenters. The summed E-state index contributed by atoms with van der Waals surface area (Å²) in [5, 5.41) is 10.7. The number of halogens is 2. The molecule has 0 saturated heterocycles. The smallest absolute Gasteiger partial charge is 0.270 e. The van der Waals surface area contributed by atoms with E-state index in [-0.39, 0.29) is 23.2 Å². The molecule has 0 amide bonds. The van der Waals surface area contributed by atoms with Crippen LogP contribution in [0.4, 0.5) is 14.5 Å². The zero-order chi connectivity index (χ0) is 15.6. The third-order valence-corrected chi connectivity index (χ3v) is 3.11. The van der Waals surface area contributed by atoms with E-state index in [1.165, 1.54) is 24.3 Å². The Kier molecular flexibility index (Phi) is 4.07. The van der Waals surface area contributed by atoms with E-state index in [1.54, 1.807) is 6.92 Å². The van der Waals surface area contributed by atoms with E-state index in [0.717, 1.165) is 12.1 Å². The van der Waals surface area contributed by atoms with E-state index >= 15 is 0 Å². The van der Waals surface area contributed by atoms with Gasteiger partial charge in [0.25, 0.3) is 5.69 Å². The van der Waals surface area contributed by atoms with Gasteiger partial charge < -0.3 is 0 Å². The fourth-order valence-electron chi connectivity index (χ4n) is 1.98. The Balaban J connectivity index is 2.34. The second kappa shape index (κ2) is 5.78. The van der Waals surface area contributed by atoms with Crippen molar-refractivity contribution in [1.29, 1.82) is 0 Å². The van der Waals surface area contributed by atoms with Crippen molar-refractivity contribution in [3.8, 4) is 0 Å². The first-order chi connectivity index (χ1) is 9.90. The number of Topliss-reactive ketones (excluding diaryl/α,β-unsaturated/α-hetero) is 1. The van der Waals surface area contributed by atoms with Crippen molar-refractivity contribution in [3.63, 3.8) is 0 Å². The first kappa shape index (κ1) is 14.8. The molecule has 0 aliphatic heterocycles. The van der Waals surface area contributed by atoms with Gasteiger partial charge in [0, 0.05) is 24.1 Å². The van der Waals surface area contributed by atoms with Gasteiger partial charge in [-0.05, 0) is 24.1 Å². The monoisotopic (exact) mass is 291 g/mol. The van der Waals surface area contributed by atoms with E-state index in [9.17, 15) is 23.7 Å². The molecule has 0 atom stereocenters. The number of aryl methyl sites for hydroxylation is 1. The van der Waals surface area contributed by atoms with Gasteiger partial charge in [-0.3, -0.25) is 14.9 Å². The number of ketones is 1. The van der Waals surface area contributed by atoms with Crippen LogP contribution in [0.5, 0.6) is 0 Å². The Labute approximate surface area is 119 Å². The number of benzene rings is 2. The fourth-order valence-corrected chi connectivity index (χ4v) is 1.98. The van der Waals surface area contributed by atoms with E-state index in [0.29, 0.717) is 5.56 Å². The van der Waals surface area contributed by atoms with Gasteiger partial charge in [0.1, 0.15) is 0 Å². The number of nitro groups is 1. The Bertz CT molecular complexity index is 729. The molecule has 0 N–H and O–H groups in total. The van der Waals surface area contributed by atoms with Gasteiger partial charge in [0.2, 0.25) is 0 Å². The number of carbonyl (C=O) groups excluding carboxylic acids is 1. The Morgan fingerprint density at radius 3 is 2.62 bits per heavy atom. The molecule has 0 fully saturated rings. The second-order valence-corrected chi connectivity index (χ2v) is 4.57. The molecule has 108 valence electrons. The molecule has 6 heteroatoms. The fraction of sp³-hybridized carbons (Fsp3) is 0.133. The number of hydrogen-bond acceptors (Lipinski definition) is 3. The summed E-state index contributed by atoms with van der Waals surface area (Å²) in [5.41, 5.74) is 0.379. The minimum absolute atomic E-state index is 0.0779. The van der Waals surface area contributed by atoms with Gasteiger partial charge in [-0.15, -0.1) is 0 Å². The van der Waals surface area contributed by atoms with Crippen molar-refractivity contribution in [3.05, 3.63) is 74.8 Å². The first-order valence-corrected chi connectivity index (χ1v) is 6.11. The largest absolute Gasteiger partial charge is 0.294 e. The van der Waals surface area contributed by atoms with Crippen LogP contribution in [0.15, 0.2) is 36.4 Å². The van der Waals surface area contributed by atoms with Crippen molar-refractivity contribution in [1.82, 2.24) is 0 Å². The van der Waals surface area contributed by atoms with Crippen molar-refractivity contribution in [2.24, 2.45) is 0 Å². The highest BCUT2D eigenvalue weighted by atomic mass is 19.2. The maximum absolute atomic E-state index is 13.6. The summed E-state index contributed by atoms with van der Waals surface area (Å²) in [5.74, 6) is -2.61. The van der Waals surface area contributed by atoms with Crippen LogP contribution < -0.4 is 0 Å². The molecule has 21 heavy (non-hydrogen) atoms. The lowest BCUT2D eigenvalue weighted by molar-refractivity contribution is -0.384. The minimum Gasteiger partial charge on any atom is -0.294 e. The van der Waals surface area contributed by atoms with Gasteiger partial charge in [-0.2, -0.15) is 0 Å². The number of nitrogens with zero attached hydrogens (tertiary/aromatic N) is 1. The Morgan fingerprint density at radius 2 is 1.95 bits per heavy atom. The molecule has 0 saturated carbocycles. The molecular weight excluding hydrogens is 280 g/mol. The van der Waals surface area contributed by atoms with Gasteiger partial charge in [0.05, 0.1) is 4.92 Å². The quantitative estimate of drug-likeness (QED) is 0.491. The lowest BCUT2D eigenvalue weighted by Crippen LogP contribution is -2.08. The summed E-state index contributed by atoms with van der Waals surface area (Å²) in [4.78, 5) is 22.3. The molecule has 2 rings (SSSR count). The van der Waals surface area contributed by atoms with Crippen molar-refractivity contribution >= 4 is 11.5 Å². The number of rotatable bonds is 4. The molecular formula is C15H11F2NO3. The number of carbonyl (C=O) groups is 1. The summed E-state index contributed by atoms with van der Waals surface area (Å²) < 4.78 is 26.7. The number of nitro benzene ring substituents is 1. The third kappa shape index (κ3) is 3.10. The Hall–Kier alpha value is -2.63. The predicted molar refractivity (Wildman–Crippen MR) is 72.2 cm³/mol. The summed E-state index contributed by atoms with van der Waals surface area (Å²) in [6.45, 7) is 1.62. The minimum atomic E-state index is -1.08. The summed E-state index contributed by atoms with van der Waals surface area (Å²) in [6, 6.07) is 7.46. The lowest BCUT2D eigenvalue weighted by atomic mass is 9.98. The van der Waals surface area contributed by atoms with E-state index in [2.05, 4.69) is 0 Å². The van der Waals surface area contributed by atoms with Crippen LogP contribution in [0.3, 0.4) is 0 Å². The molecule has 0 aromatic heterocycles. The summed E-state index contributed by atoms with van der Waals surface area (Å²) in [7, 11) is 0. The molecule has 0 aliphatic rings. The highest BCUT2D eigenvalue weighted by Gasteiger charge is 2.17. The molecule has 2 aromatic carbocycles. The molecule has 0 spiro atoms. The van der Waals surface area contributed by atoms with Crippen LogP contribution in [0, 0.1) is 28.7 Å². The van der Waals surface area contributed by atoms with Crippen molar-refractivity contribution < 1.29 is 18.5 Å². The zero-order valence-corrected chi connectivity index (χ0v) is 11.1. The predicted octanol–water partition coefficient (Wildman–Crippen LogP) is 3.61. The zero-order valence-electron chi connectivity index (χ0n) is 11.1. The maximum atomic E-state index is 13.6. The van der Waals surface area contributed by atoms with Crippen LogP contribution in [0.1, 0.15) is 21.5 Å². The van der Waals surface area contributed by atoms with Crippen LogP contribution in [-0.2, 0) is 6.42 Å². The normalized spacial score (nSPS) is 10.4. The van der Waals surface area contributed by atoms with E-state index < -0.39 is 22.3 Å². The van der Waals surface area contributed by atoms with E-state index in [4.69, 9.17) is 0 Å². The molecule has 0 heterocycles. The average Bonchev–Trinajstić information content (AvgIpc) is 2.44. The van der Waals surface area contributed by atoms with E-state index in [1.807, 2.05) is 0 Å². The topological polar surface area (TPSA) is 60.2 Å². The average molecular weight is 291 g/mol. The van der Waals surface area contributed by atoms with Crippen LogP contribution in [0.2, 0.25) is 0 Å². The van der Waals surface area contributed by atoms with Crippen LogP contribution in [0.25, 0.3) is 0 Å². The first-order valence-electron chi connectivity index (χ1n) is 6.11. The molecule has 0 radical (unpaired) electrons. The molecule has 0 aliphatic carbocycles. The highest BCUT2D eigenvalue weighted by Crippen LogP contribution is 2.20. The molecule has 2 aromatic rings. The SMILES string of the molecule is Cc1ccc([N+](=O)[O-])cc1C(=O)Cc1cccc(F)c1F. The van der Waals surface area contributed by atoms with Crippen molar-refractivity contribution in [2.45, 2.75) is 13.3 Å². The van der Waals surface area contributed by atoms with Gasteiger partial charge in [-0.25, -0.2) is 8.78 Å². The molecule has 0 bridgehead atoms. The number of non-ortho nitro benzene ring substituents is 1. The second-order valence-electron chi connectivity index (χ2n) is 4.57. The standard InChI is InChI=1S/C15H11F2NO3/c1-9-5-6-11(18(20)21)8-12(9)14(19)7-10-3-2-4-13(16)15(10)17/h2-6,8H,7H2,1H3. The summed E-state index contributed by atoms with van der Waals surface area (Å²) in [6.07, 6.45) is -0.356. The lowest BCUT2D eigenvalue weighted by Gasteiger charge is -2.06. The molecule has 4 nitrogen and oxygen atoms in total. The third-order valence-electron chi connectivity index (χ3n) is 3.11. The van der Waals surface area contributed by atoms with Gasteiger partial charge >= 0.3 is 0 Å². The Morgan fingerprint density at radius 1 is 1.24 bits per heavy atom. The van der Waals surface area contributed by atoms with Crippen molar-refractivity contribution in [2.75, 3.05) is 0 Å². The highest BCUT2D eigenvalue weighted by molar-refractivity contribution is 5.99. The summed E-state index contributed by atoms with van der Waals surface area (Å²) >= 11 is 0. The number of hydrogen-bond donors (Lipinski definition) is 0. The van der Waals surface area contributed by atoms with Gasteiger partial charge in [0.15, 0.2) is 17.4 Å². The van der Waals surface area contributed by atoms with Crippen LogP contribution >= 0.6 is 0 Å².